The van der Waals surface area contributed by atoms with Gasteiger partial charge in [-0.3, -0.25) is 78.1 Å². The number of hydrogen-bond acceptors (Lipinski definition) is 6. The van der Waals surface area contributed by atoms with E-state index in [1.54, 1.807) is 6.92 Å². The van der Waals surface area contributed by atoms with Crippen molar-refractivity contribution in [2.24, 2.45) is 34.4 Å². The van der Waals surface area contributed by atoms with Gasteiger partial charge in [0.1, 0.15) is 0 Å². The summed E-state index contributed by atoms with van der Waals surface area (Å²) in [5, 5.41) is 8.61. The third-order valence-corrected chi connectivity index (χ3v) is 17.7. The number of rotatable bonds is 66. The van der Waals surface area contributed by atoms with Crippen LogP contribution in [0.5, 0.6) is 0 Å². The summed E-state index contributed by atoms with van der Waals surface area (Å²) in [6.07, 6.45) is 64.8. The first-order valence-electron chi connectivity index (χ1n) is 41.7. The monoisotopic (exact) mass is 1410 g/mol. The fraction of sp³-hybridized carbons (Fsp3) is 0.889. The molecule has 0 radical (unpaired) electrons. The Balaban J connectivity index is -0.000000384. The predicted octanol–water partition coefficient (Wildman–Crippen LogP) is 13.2. The molecule has 0 aromatic heterocycles. The molecule has 0 spiro atoms. The fourth-order valence-electron chi connectivity index (χ4n) is 11.4. The number of hydrogen-bond donors (Lipinski definition) is 12. The van der Waals surface area contributed by atoms with Gasteiger partial charge in [-0.1, -0.05) is 320 Å². The maximum absolute atomic E-state index is 12.7. The molecule has 0 rings (SSSR count). The van der Waals surface area contributed by atoms with Crippen LogP contribution < -0.4 is 65.3 Å². The zero-order valence-electron chi connectivity index (χ0n) is 66.9. The first-order chi connectivity index (χ1) is 47.8. The van der Waals surface area contributed by atoms with Gasteiger partial charge in [-0.05, 0) is 70.6 Å². The largest absolute Gasteiger partial charge is 0.346 e. The highest BCUT2D eigenvalue weighted by atomic mass is 16.2. The molecule has 3 amide bonds. The Labute approximate surface area is 610 Å². The van der Waals surface area contributed by atoms with Crippen LogP contribution in [-0.4, -0.2) is 90.7 Å². The van der Waals surface area contributed by atoms with E-state index >= 15 is 0 Å². The summed E-state index contributed by atoms with van der Waals surface area (Å²) in [6.45, 7) is 23.1. The van der Waals surface area contributed by atoms with Gasteiger partial charge in [0, 0.05) is 38.5 Å². The maximum Gasteiger partial charge on any atom is 0.338 e. The van der Waals surface area contributed by atoms with Crippen molar-refractivity contribution < 1.29 is 43.7 Å². The van der Waals surface area contributed by atoms with Crippen molar-refractivity contribution >= 4 is 52.9 Å². The average molecular weight is 1410 g/mol. The number of unbranched alkanes of at least 4 members (excludes halogenated alkanes) is 37. The SMILES string of the molecule is CCCC(=O)NC(CCC[NH+]=C(N)N)C(=O)CC.CCCCC(=O)NC(CCC[NH+]=C(N)N)C(=O)CCC.CCCCCCCCCCCC(=O)NC(CCC[NH+]=C(N)N)C(=O)CCCCCCC.CCCCCCCCCCCCCC.CCCCCCCCCCCCCCCC. The molecule has 586 valence electrons. The lowest BCUT2D eigenvalue weighted by Gasteiger charge is -2.17. The second kappa shape index (κ2) is 85.6. The smallest absolute Gasteiger partial charge is 0.338 e. The van der Waals surface area contributed by atoms with Gasteiger partial charge in [0.15, 0.2) is 17.3 Å². The molecule has 18 N–H and O–H groups in total. The van der Waals surface area contributed by atoms with Gasteiger partial charge in [-0.25, -0.2) is 0 Å². The Kier molecular flexibility index (Phi) is 89.0. The fourth-order valence-corrected chi connectivity index (χ4v) is 11.4. The summed E-state index contributed by atoms with van der Waals surface area (Å²) in [5.41, 5.74) is 32.0. The number of amides is 3. The van der Waals surface area contributed by atoms with Crippen LogP contribution in [0.1, 0.15) is 429 Å². The van der Waals surface area contributed by atoms with E-state index in [0.717, 1.165) is 70.6 Å². The lowest BCUT2D eigenvalue weighted by atomic mass is 10.00. The predicted molar refractivity (Wildman–Crippen MR) is 424 cm³/mol. The van der Waals surface area contributed by atoms with Gasteiger partial charge in [0.05, 0.1) is 37.8 Å². The normalized spacial score (nSPS) is 11.5. The van der Waals surface area contributed by atoms with Crippen molar-refractivity contribution in [2.45, 2.75) is 447 Å². The molecule has 0 saturated heterocycles. The van der Waals surface area contributed by atoms with Gasteiger partial charge in [0.25, 0.3) is 0 Å². The summed E-state index contributed by atoms with van der Waals surface area (Å²) < 4.78 is 0. The summed E-state index contributed by atoms with van der Waals surface area (Å²) in [7, 11) is 0. The van der Waals surface area contributed by atoms with Crippen LogP contribution in [0.3, 0.4) is 0 Å². The molecule has 18 heteroatoms. The van der Waals surface area contributed by atoms with E-state index in [1.165, 1.54) is 231 Å². The summed E-state index contributed by atoms with van der Waals surface area (Å²) in [6, 6.07) is -1.17. The molecule has 99 heavy (non-hydrogen) atoms. The van der Waals surface area contributed by atoms with Gasteiger partial charge < -0.3 is 16.0 Å². The van der Waals surface area contributed by atoms with Crippen molar-refractivity contribution in [2.75, 3.05) is 19.6 Å². The Morgan fingerprint density at radius 1 is 0.232 bits per heavy atom. The number of nitrogens with one attached hydrogen (secondary N) is 6. The second-order valence-electron chi connectivity index (χ2n) is 27.8. The zero-order chi connectivity index (χ0) is 74.9. The van der Waals surface area contributed by atoms with Crippen molar-refractivity contribution in [3.63, 3.8) is 0 Å². The molecule has 0 aliphatic heterocycles. The first-order valence-corrected chi connectivity index (χ1v) is 41.7. The summed E-state index contributed by atoms with van der Waals surface area (Å²) in [4.78, 5) is 80.5. The zero-order valence-corrected chi connectivity index (χ0v) is 66.9. The minimum absolute atomic E-state index is 0.00476. The lowest BCUT2D eigenvalue weighted by Crippen LogP contribution is -2.78. The van der Waals surface area contributed by atoms with Crippen molar-refractivity contribution in [3.05, 3.63) is 0 Å². The number of ketones is 3. The van der Waals surface area contributed by atoms with Crippen molar-refractivity contribution in [1.82, 2.24) is 16.0 Å². The maximum atomic E-state index is 12.7. The van der Waals surface area contributed by atoms with E-state index in [-0.39, 0.29) is 59.0 Å². The number of carbonyl (C=O) groups excluding carboxylic acids is 6. The molecule has 0 saturated carbocycles. The van der Waals surface area contributed by atoms with E-state index in [0.29, 0.717) is 77.4 Å². The Bertz CT molecular complexity index is 1850. The molecule has 3 atom stereocenters. The number of Topliss-reactive ketones (excluding diaryl/α,β-unsaturated/α-hetero) is 3. The molecule has 0 aliphatic carbocycles. The Morgan fingerprint density at radius 3 is 0.687 bits per heavy atom. The third kappa shape index (κ3) is 87.4. The summed E-state index contributed by atoms with van der Waals surface area (Å²) in [5.74, 6) is 0.740. The summed E-state index contributed by atoms with van der Waals surface area (Å²) >= 11 is 0. The van der Waals surface area contributed by atoms with Crippen molar-refractivity contribution in [3.8, 4) is 0 Å². The molecular formula is C81H169N12O6+3. The number of carbonyl (C=O) groups is 6. The van der Waals surface area contributed by atoms with E-state index in [1.807, 2.05) is 20.8 Å². The van der Waals surface area contributed by atoms with Crippen LogP contribution in [0.2, 0.25) is 0 Å². The standard InChI is InChI=1S/C25H50N4O2.C16H34.C14H28N4O2.C14H30.C12H24N4O2/c1-3-5-7-9-10-11-12-14-16-20-24(31)29-22(18-17-21-28-25(26)27)23(30)19-15-13-8-6-4-2;1-3-5-7-9-11-13-15-16-14-12-10-8-6-4-2;1-3-5-9-13(20)18-11(12(19)7-4-2)8-6-10-17-14(15)16;1-3-5-7-9-11-13-14-12-10-8-6-4-2;1-3-6-11(18)16-9(10(17)4-2)7-5-8-15-12(13)14/h22H,3-21H2,1-2H3,(H,29,31)(H4,26,27,28);3-16H2,1-2H3;11H,3-10H2,1-2H3,(H,18,20)(H4,15,16,17);3-14H2,1-2H3;9H,3-8H2,1-2H3,(H,16,18)(H4,13,14,15)/p+3. The molecule has 0 aliphatic rings. The molecule has 0 heterocycles. The molecule has 0 aromatic carbocycles. The quantitative estimate of drug-likeness (QED) is 0.0154. The van der Waals surface area contributed by atoms with Crippen LogP contribution in [-0.2, 0) is 28.8 Å². The number of guanidine groups is 3. The van der Waals surface area contributed by atoms with E-state index in [4.69, 9.17) is 34.4 Å². The van der Waals surface area contributed by atoms with Crippen molar-refractivity contribution in [1.29, 1.82) is 0 Å². The molecule has 0 fully saturated rings. The lowest BCUT2D eigenvalue weighted by molar-refractivity contribution is -0.460. The Hall–Kier alpha value is -4.77. The topological polar surface area (TPSA) is 337 Å². The van der Waals surface area contributed by atoms with Gasteiger partial charge >= 0.3 is 17.9 Å². The van der Waals surface area contributed by atoms with Crippen LogP contribution in [0.25, 0.3) is 0 Å². The van der Waals surface area contributed by atoms with E-state index in [9.17, 15) is 28.8 Å². The third-order valence-electron chi connectivity index (χ3n) is 17.7. The van der Waals surface area contributed by atoms with Crippen LogP contribution in [0, 0.1) is 0 Å². The van der Waals surface area contributed by atoms with E-state index in [2.05, 4.69) is 72.5 Å². The molecule has 18 nitrogen and oxygen atoms in total. The van der Waals surface area contributed by atoms with E-state index < -0.39 is 12.1 Å². The van der Waals surface area contributed by atoms with Gasteiger partial charge in [0.2, 0.25) is 17.7 Å². The van der Waals surface area contributed by atoms with Gasteiger partial charge in [-0.15, -0.1) is 0 Å². The average Bonchev–Trinajstić information content (AvgIpc) is 1.25. The highest BCUT2D eigenvalue weighted by Crippen LogP contribution is 2.16. The van der Waals surface area contributed by atoms with Crippen LogP contribution in [0.4, 0.5) is 0 Å². The first kappa shape index (κ1) is 103. The minimum Gasteiger partial charge on any atom is -0.346 e. The number of nitrogens with two attached hydrogens (primary N) is 6. The highest BCUT2D eigenvalue weighted by molar-refractivity contribution is 5.90. The molecular weight excluding hydrogens is 1240 g/mol. The molecule has 3 unspecified atom stereocenters. The van der Waals surface area contributed by atoms with Crippen LogP contribution >= 0.6 is 0 Å². The van der Waals surface area contributed by atoms with Crippen LogP contribution in [0.15, 0.2) is 0 Å². The minimum atomic E-state index is -0.394. The Morgan fingerprint density at radius 2 is 0.444 bits per heavy atom. The molecule has 0 bridgehead atoms. The highest BCUT2D eigenvalue weighted by Gasteiger charge is 2.22. The molecule has 0 aromatic rings. The second-order valence-corrected chi connectivity index (χ2v) is 27.8. The van der Waals surface area contributed by atoms with Gasteiger partial charge in [-0.2, -0.15) is 0 Å².